The quantitative estimate of drug-likeness (QED) is 0.797. The Morgan fingerprint density at radius 1 is 1.09 bits per heavy atom. The zero-order chi connectivity index (χ0) is 16.6. The van der Waals surface area contributed by atoms with Crippen molar-refractivity contribution in [2.45, 2.75) is 58.4 Å². The lowest BCUT2D eigenvalue weighted by Gasteiger charge is -2.36. The van der Waals surface area contributed by atoms with E-state index in [1.807, 2.05) is 6.92 Å². The van der Waals surface area contributed by atoms with Crippen LogP contribution in [-0.2, 0) is 12.8 Å². The third-order valence-corrected chi connectivity index (χ3v) is 4.53. The summed E-state index contributed by atoms with van der Waals surface area (Å²) in [7, 11) is 0. The van der Waals surface area contributed by atoms with Crippen LogP contribution < -0.4 is 16.0 Å². The van der Waals surface area contributed by atoms with Gasteiger partial charge in [-0.25, -0.2) is 14.5 Å². The highest BCUT2D eigenvalue weighted by atomic mass is 16.2. The summed E-state index contributed by atoms with van der Waals surface area (Å²) >= 11 is 0. The van der Waals surface area contributed by atoms with E-state index in [0.29, 0.717) is 0 Å². The summed E-state index contributed by atoms with van der Waals surface area (Å²) in [5.41, 5.74) is 4.02. The van der Waals surface area contributed by atoms with Gasteiger partial charge in [0.15, 0.2) is 6.29 Å². The van der Waals surface area contributed by atoms with Crippen LogP contribution >= 0.6 is 0 Å². The Bertz CT molecular complexity index is 611. The topological polar surface area (TPSA) is 73.5 Å². The summed E-state index contributed by atoms with van der Waals surface area (Å²) < 4.78 is 0. The molecule has 2 aliphatic rings. The third-order valence-electron chi connectivity index (χ3n) is 4.53. The molecule has 1 aliphatic carbocycles. The molecule has 0 spiro atoms. The molecule has 1 aromatic rings. The maximum absolute atomic E-state index is 12.0. The van der Waals surface area contributed by atoms with Crippen molar-refractivity contribution in [2.24, 2.45) is 0 Å². The molecule has 23 heavy (non-hydrogen) atoms. The molecule has 3 rings (SSSR count). The number of carbonyl (C=O) groups is 2. The summed E-state index contributed by atoms with van der Waals surface area (Å²) in [6.07, 6.45) is 2.96. The highest BCUT2D eigenvalue weighted by Gasteiger charge is 2.33. The van der Waals surface area contributed by atoms with Gasteiger partial charge in [-0.05, 0) is 56.7 Å². The molecular formula is C17H24N4O2. The molecule has 0 unspecified atom stereocenters. The van der Waals surface area contributed by atoms with Crippen molar-refractivity contribution in [1.82, 2.24) is 20.9 Å². The molecule has 6 heteroatoms. The molecule has 0 aromatic heterocycles. The molecule has 0 saturated carbocycles. The first-order valence-electron chi connectivity index (χ1n) is 8.23. The van der Waals surface area contributed by atoms with Crippen molar-refractivity contribution in [3.8, 4) is 0 Å². The predicted molar refractivity (Wildman–Crippen MR) is 87.8 cm³/mol. The smallest absolute Gasteiger partial charge is 0.304 e. The molecule has 1 aromatic carbocycles. The van der Waals surface area contributed by atoms with Crippen molar-refractivity contribution in [1.29, 1.82) is 0 Å². The first kappa shape index (κ1) is 15.8. The van der Waals surface area contributed by atoms with Crippen LogP contribution in [0.4, 0.5) is 9.59 Å². The predicted octanol–water partition coefficient (Wildman–Crippen LogP) is 2.25. The molecular weight excluding hydrogens is 292 g/mol. The van der Waals surface area contributed by atoms with E-state index < -0.39 is 6.29 Å². The molecule has 0 bridgehead atoms. The van der Waals surface area contributed by atoms with Crippen molar-refractivity contribution in [3.63, 3.8) is 0 Å². The van der Waals surface area contributed by atoms with E-state index in [-0.39, 0.29) is 24.1 Å². The monoisotopic (exact) mass is 316 g/mol. The third kappa shape index (κ3) is 3.17. The van der Waals surface area contributed by atoms with E-state index >= 15 is 0 Å². The van der Waals surface area contributed by atoms with E-state index in [1.165, 1.54) is 28.0 Å². The zero-order valence-corrected chi connectivity index (χ0v) is 13.8. The highest BCUT2D eigenvalue weighted by Crippen LogP contribution is 2.25. The van der Waals surface area contributed by atoms with Gasteiger partial charge < -0.3 is 10.6 Å². The maximum Gasteiger partial charge on any atom is 0.328 e. The van der Waals surface area contributed by atoms with Crippen LogP contribution in [0.25, 0.3) is 0 Å². The number of hydrogen-bond acceptors (Lipinski definition) is 3. The lowest BCUT2D eigenvalue weighted by atomic mass is 10.0. The minimum absolute atomic E-state index is 0.0251. The van der Waals surface area contributed by atoms with Gasteiger partial charge >= 0.3 is 12.1 Å². The van der Waals surface area contributed by atoms with Gasteiger partial charge in [0.1, 0.15) is 0 Å². The lowest BCUT2D eigenvalue weighted by Crippen LogP contribution is -2.69. The number of aryl methyl sites for hydroxylation is 2. The summed E-state index contributed by atoms with van der Waals surface area (Å²) in [6.45, 7) is 5.64. The van der Waals surface area contributed by atoms with Gasteiger partial charge in [0, 0.05) is 12.1 Å². The number of nitrogens with zero attached hydrogens (tertiary/aromatic N) is 1. The normalized spacial score (nSPS) is 19.6. The van der Waals surface area contributed by atoms with Gasteiger partial charge in [-0.1, -0.05) is 18.2 Å². The van der Waals surface area contributed by atoms with Crippen LogP contribution in [0.1, 0.15) is 49.9 Å². The fraction of sp³-hybridized carbons (Fsp3) is 0.529. The number of nitrogens with one attached hydrogen (secondary N) is 3. The van der Waals surface area contributed by atoms with E-state index in [9.17, 15) is 9.59 Å². The van der Waals surface area contributed by atoms with E-state index in [4.69, 9.17) is 0 Å². The fourth-order valence-electron chi connectivity index (χ4n) is 3.27. The fourth-order valence-corrected chi connectivity index (χ4v) is 3.27. The average Bonchev–Trinajstić information content (AvgIpc) is 2.93. The van der Waals surface area contributed by atoms with E-state index in [1.54, 1.807) is 13.8 Å². The largest absolute Gasteiger partial charge is 0.328 e. The number of fused-ring (bicyclic) bond motifs is 1. The Morgan fingerprint density at radius 3 is 2.39 bits per heavy atom. The van der Waals surface area contributed by atoms with Crippen LogP contribution in [0.2, 0.25) is 0 Å². The average molecular weight is 316 g/mol. The van der Waals surface area contributed by atoms with Crippen molar-refractivity contribution in [3.05, 3.63) is 34.9 Å². The van der Waals surface area contributed by atoms with Crippen LogP contribution in [-0.4, -0.2) is 29.3 Å². The number of rotatable bonds is 4. The number of urea groups is 2. The number of benzene rings is 1. The van der Waals surface area contributed by atoms with Crippen LogP contribution in [0, 0.1) is 0 Å². The maximum atomic E-state index is 12.0. The van der Waals surface area contributed by atoms with Crippen LogP contribution in [0.5, 0.6) is 0 Å². The van der Waals surface area contributed by atoms with Gasteiger partial charge in [0.05, 0.1) is 0 Å². The Hall–Kier alpha value is -2.08. The SMILES string of the molecule is CC(C)N1C(=O)NC(N[C@@H](C)c2ccc3c(c2)CCC3)NC1=O. The summed E-state index contributed by atoms with van der Waals surface area (Å²) in [5.74, 6) is 0. The molecule has 0 radical (unpaired) electrons. The van der Waals surface area contributed by atoms with Gasteiger partial charge in [0.25, 0.3) is 0 Å². The minimum atomic E-state index is -0.562. The van der Waals surface area contributed by atoms with Gasteiger partial charge in [0.2, 0.25) is 0 Å². The first-order chi connectivity index (χ1) is 11.0. The molecule has 124 valence electrons. The zero-order valence-electron chi connectivity index (χ0n) is 13.8. The Kier molecular flexibility index (Phi) is 4.26. The van der Waals surface area contributed by atoms with E-state index in [0.717, 1.165) is 12.8 Å². The van der Waals surface area contributed by atoms with E-state index in [2.05, 4.69) is 34.1 Å². The molecule has 1 aliphatic heterocycles. The molecule has 1 heterocycles. The number of carbonyl (C=O) groups excluding carboxylic acids is 2. The molecule has 3 N–H and O–H groups in total. The Balaban J connectivity index is 1.65. The summed E-state index contributed by atoms with van der Waals surface area (Å²) in [6, 6.07) is 5.64. The molecule has 1 fully saturated rings. The van der Waals surface area contributed by atoms with Crippen molar-refractivity contribution in [2.75, 3.05) is 0 Å². The molecule has 4 amide bonds. The molecule has 1 saturated heterocycles. The van der Waals surface area contributed by atoms with Crippen LogP contribution in [0.3, 0.4) is 0 Å². The first-order valence-corrected chi connectivity index (χ1v) is 8.23. The molecule has 1 atom stereocenters. The Labute approximate surface area is 136 Å². The second-order valence-corrected chi connectivity index (χ2v) is 6.57. The van der Waals surface area contributed by atoms with Crippen molar-refractivity contribution >= 4 is 12.1 Å². The Morgan fingerprint density at radius 2 is 1.74 bits per heavy atom. The van der Waals surface area contributed by atoms with Crippen LogP contribution in [0.15, 0.2) is 18.2 Å². The molecule has 6 nitrogen and oxygen atoms in total. The number of hydrogen-bond donors (Lipinski definition) is 3. The lowest BCUT2D eigenvalue weighted by molar-refractivity contribution is 0.146. The van der Waals surface area contributed by atoms with Gasteiger partial charge in [-0.3, -0.25) is 5.32 Å². The minimum Gasteiger partial charge on any atom is -0.304 e. The number of imide groups is 1. The van der Waals surface area contributed by atoms with Gasteiger partial charge in [-0.15, -0.1) is 0 Å². The summed E-state index contributed by atoms with van der Waals surface area (Å²) in [4.78, 5) is 25.3. The summed E-state index contributed by atoms with van der Waals surface area (Å²) in [5, 5.41) is 8.81. The highest BCUT2D eigenvalue weighted by molar-refractivity contribution is 5.96. The second kappa shape index (κ2) is 6.20. The number of amides is 4. The standard InChI is InChI=1S/C17H24N4O2/c1-10(2)21-16(22)19-15(20-17(21)23)18-11(3)13-8-7-12-5-4-6-14(12)9-13/h7-11,15,18H,4-6H2,1-3H3,(H,19,22)(H,20,23)/t11-/m0/s1. The second-order valence-electron chi connectivity index (χ2n) is 6.57. The van der Waals surface area contributed by atoms with Gasteiger partial charge in [-0.2, -0.15) is 0 Å². The van der Waals surface area contributed by atoms with Crippen molar-refractivity contribution < 1.29 is 9.59 Å².